The van der Waals surface area contributed by atoms with Crippen molar-refractivity contribution in [3.05, 3.63) is 65.4 Å². The monoisotopic (exact) mass is 338 g/mol. The minimum atomic E-state index is -0.741. The second-order valence-electron chi connectivity index (χ2n) is 5.52. The van der Waals surface area contributed by atoms with Gasteiger partial charge in [-0.3, -0.25) is 4.79 Å². The van der Waals surface area contributed by atoms with Crippen LogP contribution >= 0.6 is 0 Å². The molecule has 0 fully saturated rings. The van der Waals surface area contributed by atoms with E-state index < -0.39 is 12.1 Å². The molecule has 2 aromatic rings. The van der Waals surface area contributed by atoms with Gasteiger partial charge in [-0.25, -0.2) is 4.79 Å². The highest BCUT2D eigenvalue weighted by Gasteiger charge is 2.28. The van der Waals surface area contributed by atoms with Gasteiger partial charge < -0.3 is 14.2 Å². The summed E-state index contributed by atoms with van der Waals surface area (Å²) in [7, 11) is 0. The molecule has 0 saturated carbocycles. The predicted molar refractivity (Wildman–Crippen MR) is 92.5 cm³/mol. The van der Waals surface area contributed by atoms with Gasteiger partial charge in [-0.1, -0.05) is 30.3 Å². The fourth-order valence-corrected chi connectivity index (χ4v) is 2.45. The summed E-state index contributed by atoms with van der Waals surface area (Å²) in [5.41, 5.74) is 1.35. The van der Waals surface area contributed by atoms with Crippen molar-refractivity contribution in [2.24, 2.45) is 0 Å². The molecule has 0 saturated heterocycles. The lowest BCUT2D eigenvalue weighted by atomic mass is 10.1. The molecule has 0 N–H and O–H groups in total. The van der Waals surface area contributed by atoms with Crippen LogP contribution in [0.25, 0.3) is 6.08 Å². The number of carbonyl (C=O) groups excluding carboxylic acids is 2. The van der Waals surface area contributed by atoms with Crippen LogP contribution in [-0.2, 0) is 9.53 Å². The van der Waals surface area contributed by atoms with E-state index in [1.165, 1.54) is 0 Å². The van der Waals surface area contributed by atoms with Crippen LogP contribution in [0.5, 0.6) is 11.5 Å². The predicted octanol–water partition coefficient (Wildman–Crippen LogP) is 3.63. The van der Waals surface area contributed by atoms with Crippen LogP contribution < -0.4 is 9.47 Å². The maximum absolute atomic E-state index is 12.4. The van der Waals surface area contributed by atoms with Gasteiger partial charge in [-0.15, -0.1) is 0 Å². The van der Waals surface area contributed by atoms with E-state index in [2.05, 4.69) is 0 Å². The largest absolute Gasteiger partial charge is 0.479 e. The van der Waals surface area contributed by atoms with Crippen molar-refractivity contribution < 1.29 is 23.8 Å². The highest BCUT2D eigenvalue weighted by atomic mass is 16.6. The molecule has 128 valence electrons. The van der Waals surface area contributed by atoms with Gasteiger partial charge in [-0.2, -0.15) is 0 Å². The second-order valence-corrected chi connectivity index (χ2v) is 5.52. The molecule has 1 unspecified atom stereocenters. The Labute approximate surface area is 145 Å². The molecule has 0 aromatic heterocycles. The lowest BCUT2D eigenvalue weighted by Crippen LogP contribution is -2.26. The normalized spacial score (nSPS) is 15.4. The van der Waals surface area contributed by atoms with Crippen LogP contribution in [0.15, 0.2) is 54.3 Å². The lowest BCUT2D eigenvalue weighted by Gasteiger charge is -2.13. The zero-order valence-electron chi connectivity index (χ0n) is 14.0. The number of allylic oxidation sites excluding steroid dienone is 1. The first-order valence-electron chi connectivity index (χ1n) is 8.05. The highest BCUT2D eigenvalue weighted by Crippen LogP contribution is 2.35. The molecule has 3 rings (SSSR count). The zero-order valence-corrected chi connectivity index (χ0v) is 14.0. The van der Waals surface area contributed by atoms with Crippen LogP contribution in [0.3, 0.4) is 0 Å². The Morgan fingerprint density at radius 3 is 2.68 bits per heavy atom. The molecular formula is C20H18O5. The van der Waals surface area contributed by atoms with Crippen molar-refractivity contribution in [1.82, 2.24) is 0 Å². The lowest BCUT2D eigenvalue weighted by molar-refractivity contribution is -0.150. The van der Waals surface area contributed by atoms with Crippen molar-refractivity contribution >= 4 is 17.8 Å². The van der Waals surface area contributed by atoms with Crippen molar-refractivity contribution in [1.29, 1.82) is 0 Å². The third-order valence-electron chi connectivity index (χ3n) is 3.67. The maximum Gasteiger partial charge on any atom is 0.347 e. The van der Waals surface area contributed by atoms with Crippen LogP contribution in [0, 0.1) is 0 Å². The zero-order chi connectivity index (χ0) is 17.8. The van der Waals surface area contributed by atoms with Crippen LogP contribution in [0.2, 0.25) is 0 Å². The highest BCUT2D eigenvalue weighted by molar-refractivity contribution is 6.14. The first-order chi connectivity index (χ1) is 12.1. The van der Waals surface area contributed by atoms with E-state index in [9.17, 15) is 9.59 Å². The molecule has 1 aliphatic rings. The van der Waals surface area contributed by atoms with Gasteiger partial charge in [0.05, 0.1) is 12.2 Å². The van der Waals surface area contributed by atoms with Crippen molar-refractivity contribution in [2.75, 3.05) is 6.61 Å². The minimum Gasteiger partial charge on any atom is -0.479 e. The number of ether oxygens (including phenoxy) is 3. The van der Waals surface area contributed by atoms with E-state index in [1.54, 1.807) is 38.1 Å². The standard InChI is InChI=1S/C20H18O5/c1-3-23-20(22)13(2)24-15-9-10-16-17(12-15)25-18(19(16)21)11-14-7-5-4-6-8-14/h4-13H,3H2,1-2H3/b18-11-. The molecule has 0 aliphatic carbocycles. The van der Waals surface area contributed by atoms with Crippen LogP contribution in [-0.4, -0.2) is 24.5 Å². The number of esters is 1. The van der Waals surface area contributed by atoms with Gasteiger partial charge in [0.25, 0.3) is 0 Å². The molecule has 5 nitrogen and oxygen atoms in total. The van der Waals surface area contributed by atoms with E-state index in [0.29, 0.717) is 23.7 Å². The smallest absolute Gasteiger partial charge is 0.347 e. The number of benzene rings is 2. The van der Waals surface area contributed by atoms with E-state index in [4.69, 9.17) is 14.2 Å². The van der Waals surface area contributed by atoms with Gasteiger partial charge in [0.2, 0.25) is 5.78 Å². The first kappa shape index (κ1) is 16.8. The Kier molecular flexibility index (Phi) is 4.84. The average Bonchev–Trinajstić information content (AvgIpc) is 2.91. The number of hydrogen-bond acceptors (Lipinski definition) is 5. The van der Waals surface area contributed by atoms with E-state index in [1.807, 2.05) is 30.3 Å². The number of ketones is 1. The summed E-state index contributed by atoms with van der Waals surface area (Å²) < 4.78 is 16.1. The maximum atomic E-state index is 12.4. The number of hydrogen-bond donors (Lipinski definition) is 0. The molecule has 1 atom stereocenters. The third kappa shape index (κ3) is 3.71. The second kappa shape index (κ2) is 7.21. The molecule has 5 heteroatoms. The number of rotatable bonds is 5. The number of carbonyl (C=O) groups is 2. The Bertz CT molecular complexity index is 823. The fourth-order valence-electron chi connectivity index (χ4n) is 2.45. The summed E-state index contributed by atoms with van der Waals surface area (Å²) >= 11 is 0. The fraction of sp³-hybridized carbons (Fsp3) is 0.200. The SMILES string of the molecule is CCOC(=O)C(C)Oc1ccc2c(c1)O/C(=C\c1ccccc1)C2=O. The quantitative estimate of drug-likeness (QED) is 0.615. The van der Waals surface area contributed by atoms with Gasteiger partial charge >= 0.3 is 5.97 Å². The molecule has 0 bridgehead atoms. The number of fused-ring (bicyclic) bond motifs is 1. The summed E-state index contributed by atoms with van der Waals surface area (Å²) in [5, 5.41) is 0. The summed E-state index contributed by atoms with van der Waals surface area (Å²) in [5.74, 6) is 0.499. The molecule has 0 spiro atoms. The van der Waals surface area contributed by atoms with Gasteiger partial charge in [0, 0.05) is 6.07 Å². The van der Waals surface area contributed by atoms with Gasteiger partial charge in [0.1, 0.15) is 11.5 Å². The molecule has 0 radical (unpaired) electrons. The Hall–Kier alpha value is -3.08. The van der Waals surface area contributed by atoms with Crippen molar-refractivity contribution in [2.45, 2.75) is 20.0 Å². The third-order valence-corrected chi connectivity index (χ3v) is 3.67. The Balaban J connectivity index is 1.78. The topological polar surface area (TPSA) is 61.8 Å². The molecule has 1 heterocycles. The average molecular weight is 338 g/mol. The van der Waals surface area contributed by atoms with Gasteiger partial charge in [0.15, 0.2) is 11.9 Å². The van der Waals surface area contributed by atoms with E-state index in [-0.39, 0.29) is 11.5 Å². The molecule has 25 heavy (non-hydrogen) atoms. The van der Waals surface area contributed by atoms with Gasteiger partial charge in [-0.05, 0) is 37.6 Å². The minimum absolute atomic E-state index is 0.177. The van der Waals surface area contributed by atoms with E-state index in [0.717, 1.165) is 5.56 Å². The van der Waals surface area contributed by atoms with Crippen LogP contribution in [0.4, 0.5) is 0 Å². The molecule has 0 amide bonds. The summed E-state index contributed by atoms with van der Waals surface area (Å²) in [6, 6.07) is 14.4. The summed E-state index contributed by atoms with van der Waals surface area (Å²) in [6.07, 6.45) is 0.957. The number of Topliss-reactive ketones (excluding diaryl/α,β-unsaturated/α-hetero) is 1. The molecule has 2 aromatic carbocycles. The summed E-state index contributed by atoms with van der Waals surface area (Å²) in [4.78, 5) is 24.1. The summed E-state index contributed by atoms with van der Waals surface area (Å²) in [6.45, 7) is 3.64. The van der Waals surface area contributed by atoms with Crippen molar-refractivity contribution in [3.8, 4) is 11.5 Å². The van der Waals surface area contributed by atoms with Crippen molar-refractivity contribution in [3.63, 3.8) is 0 Å². The van der Waals surface area contributed by atoms with Crippen LogP contribution in [0.1, 0.15) is 29.8 Å². The Morgan fingerprint density at radius 2 is 1.96 bits per heavy atom. The Morgan fingerprint density at radius 1 is 1.20 bits per heavy atom. The molecular weight excluding hydrogens is 320 g/mol. The molecule has 1 aliphatic heterocycles. The first-order valence-corrected chi connectivity index (χ1v) is 8.05. The van der Waals surface area contributed by atoms with E-state index >= 15 is 0 Å².